The fourth-order valence-electron chi connectivity index (χ4n) is 2.21. The molecule has 2 rings (SSSR count). The maximum Gasteiger partial charge on any atom is 0.139 e. The van der Waals surface area contributed by atoms with Gasteiger partial charge in [0, 0.05) is 6.20 Å². The second kappa shape index (κ2) is 7.14. The third-order valence-corrected chi connectivity index (χ3v) is 3.76. The largest absolute Gasteiger partial charge is 0.486 e. The number of nitrogens with zero attached hydrogens (tertiary/aromatic N) is 3. The van der Waals surface area contributed by atoms with E-state index in [4.69, 9.17) is 21.6 Å². The molecule has 0 aliphatic carbocycles. The van der Waals surface area contributed by atoms with Gasteiger partial charge in [-0.3, -0.25) is 4.68 Å². The Balaban J connectivity index is 2.08. The first-order valence-corrected chi connectivity index (χ1v) is 7.42. The first-order chi connectivity index (χ1) is 10.2. The van der Waals surface area contributed by atoms with Crippen LogP contribution in [-0.2, 0) is 6.61 Å². The second-order valence-electron chi connectivity index (χ2n) is 4.77. The molecule has 0 saturated heterocycles. The first-order valence-electron chi connectivity index (χ1n) is 7.05. The van der Waals surface area contributed by atoms with Crippen LogP contribution in [0.1, 0.15) is 44.0 Å². The lowest BCUT2D eigenvalue weighted by Gasteiger charge is -2.12. The van der Waals surface area contributed by atoms with E-state index in [2.05, 4.69) is 25.0 Å². The Kier molecular flexibility index (Phi) is 5.24. The van der Waals surface area contributed by atoms with Crippen molar-refractivity contribution in [1.82, 2.24) is 9.78 Å². The molecule has 0 amide bonds. The number of halogens is 1. The molecule has 5 heteroatoms. The van der Waals surface area contributed by atoms with Gasteiger partial charge in [0.05, 0.1) is 16.8 Å². The highest BCUT2D eigenvalue weighted by Crippen LogP contribution is 2.26. The fourth-order valence-corrected chi connectivity index (χ4v) is 2.41. The van der Waals surface area contributed by atoms with E-state index in [-0.39, 0.29) is 0 Å². The van der Waals surface area contributed by atoms with E-state index in [9.17, 15) is 0 Å². The van der Waals surface area contributed by atoms with E-state index in [1.165, 1.54) is 0 Å². The van der Waals surface area contributed by atoms with Gasteiger partial charge in [-0.1, -0.05) is 31.5 Å². The Hall–Kier alpha value is -1.99. The van der Waals surface area contributed by atoms with Crippen molar-refractivity contribution in [3.05, 3.63) is 46.7 Å². The number of ether oxygens (including phenoxy) is 1. The second-order valence-corrected chi connectivity index (χ2v) is 5.18. The highest BCUT2D eigenvalue weighted by molar-refractivity contribution is 6.31. The van der Waals surface area contributed by atoms with Crippen LogP contribution in [0.15, 0.2) is 30.5 Å². The van der Waals surface area contributed by atoms with Gasteiger partial charge in [0.1, 0.15) is 24.0 Å². The fraction of sp³-hybridized carbons (Fsp3) is 0.375. The summed E-state index contributed by atoms with van der Waals surface area (Å²) in [7, 11) is 0. The molecular weight excluding hydrogens is 286 g/mol. The summed E-state index contributed by atoms with van der Waals surface area (Å²) in [5.74, 6) is 0.488. The van der Waals surface area contributed by atoms with Crippen LogP contribution in [0.2, 0.25) is 5.02 Å². The topological polar surface area (TPSA) is 50.8 Å². The molecule has 2 aromatic rings. The molecule has 0 aliphatic rings. The number of aromatic nitrogens is 2. The Morgan fingerprint density at radius 2 is 2.10 bits per heavy atom. The van der Waals surface area contributed by atoms with Gasteiger partial charge in [-0.25, -0.2) is 0 Å². The van der Waals surface area contributed by atoms with Gasteiger partial charge in [-0.05, 0) is 31.0 Å². The Labute approximate surface area is 129 Å². The minimum atomic E-state index is 0.322. The molecule has 0 fully saturated rings. The van der Waals surface area contributed by atoms with Gasteiger partial charge >= 0.3 is 0 Å². The summed E-state index contributed by atoms with van der Waals surface area (Å²) in [6.45, 7) is 4.62. The number of rotatable bonds is 6. The van der Waals surface area contributed by atoms with Gasteiger partial charge in [0.25, 0.3) is 0 Å². The monoisotopic (exact) mass is 303 g/mol. The molecule has 1 aromatic heterocycles. The molecule has 0 aliphatic heterocycles. The lowest BCUT2D eigenvalue weighted by Crippen LogP contribution is -2.08. The van der Waals surface area contributed by atoms with Crippen LogP contribution < -0.4 is 4.74 Å². The molecule has 1 aromatic carbocycles. The number of hydrogen-bond acceptors (Lipinski definition) is 3. The maximum atomic E-state index is 9.10. The Bertz CT molecular complexity index is 641. The summed E-state index contributed by atoms with van der Waals surface area (Å²) in [5, 5.41) is 14.0. The zero-order valence-electron chi connectivity index (χ0n) is 12.2. The average molecular weight is 304 g/mol. The SMILES string of the molecule is CCC(CC)n1ccc(COc2cccc(Cl)c2C#N)n1. The zero-order chi connectivity index (χ0) is 15.2. The maximum absolute atomic E-state index is 9.10. The predicted octanol–water partition coefficient (Wildman–Crippen LogP) is 4.35. The Morgan fingerprint density at radius 1 is 1.33 bits per heavy atom. The Morgan fingerprint density at radius 3 is 2.76 bits per heavy atom. The molecule has 0 radical (unpaired) electrons. The van der Waals surface area contributed by atoms with Crippen molar-refractivity contribution in [1.29, 1.82) is 5.26 Å². The predicted molar refractivity (Wildman–Crippen MR) is 82.3 cm³/mol. The van der Waals surface area contributed by atoms with E-state index in [1.54, 1.807) is 18.2 Å². The van der Waals surface area contributed by atoms with Crippen LogP contribution >= 0.6 is 11.6 Å². The molecule has 0 atom stereocenters. The van der Waals surface area contributed by atoms with Crippen LogP contribution in [0.3, 0.4) is 0 Å². The van der Waals surface area contributed by atoms with Gasteiger partial charge in [0.15, 0.2) is 0 Å². The summed E-state index contributed by atoms with van der Waals surface area (Å²) in [6, 6.07) is 9.59. The summed E-state index contributed by atoms with van der Waals surface area (Å²) in [6.07, 6.45) is 4.07. The molecule has 21 heavy (non-hydrogen) atoms. The molecule has 0 unspecified atom stereocenters. The lowest BCUT2D eigenvalue weighted by molar-refractivity contribution is 0.296. The standard InChI is InChI=1S/C16H18ClN3O/c1-3-13(4-2)20-9-8-12(19-20)11-21-16-7-5-6-15(17)14(16)10-18/h5-9,13H,3-4,11H2,1-2H3. The zero-order valence-corrected chi connectivity index (χ0v) is 13.0. The van der Waals surface area contributed by atoms with Crippen molar-refractivity contribution in [2.75, 3.05) is 0 Å². The van der Waals surface area contributed by atoms with Crippen molar-refractivity contribution in [3.8, 4) is 11.8 Å². The minimum absolute atomic E-state index is 0.322. The van der Waals surface area contributed by atoms with Gasteiger partial charge < -0.3 is 4.74 Å². The van der Waals surface area contributed by atoms with Crippen molar-refractivity contribution in [2.45, 2.75) is 39.3 Å². The van der Waals surface area contributed by atoms with Crippen LogP contribution in [0.25, 0.3) is 0 Å². The van der Waals surface area contributed by atoms with E-state index >= 15 is 0 Å². The molecule has 110 valence electrons. The molecule has 1 heterocycles. The van der Waals surface area contributed by atoms with E-state index in [1.807, 2.05) is 16.9 Å². The van der Waals surface area contributed by atoms with Crippen molar-refractivity contribution < 1.29 is 4.74 Å². The summed E-state index contributed by atoms with van der Waals surface area (Å²) in [4.78, 5) is 0. The normalized spacial score (nSPS) is 10.6. The van der Waals surface area contributed by atoms with Crippen LogP contribution in [0.4, 0.5) is 0 Å². The van der Waals surface area contributed by atoms with Gasteiger partial charge in [-0.15, -0.1) is 0 Å². The van der Waals surface area contributed by atoms with Crippen molar-refractivity contribution >= 4 is 11.6 Å². The third kappa shape index (κ3) is 3.56. The molecule has 0 bridgehead atoms. The quantitative estimate of drug-likeness (QED) is 0.797. The highest BCUT2D eigenvalue weighted by atomic mass is 35.5. The summed E-state index contributed by atoms with van der Waals surface area (Å²) >= 11 is 5.97. The van der Waals surface area contributed by atoms with E-state index in [0.29, 0.717) is 29.0 Å². The number of benzene rings is 1. The lowest BCUT2D eigenvalue weighted by atomic mass is 10.2. The smallest absolute Gasteiger partial charge is 0.139 e. The van der Waals surface area contributed by atoms with Gasteiger partial charge in [-0.2, -0.15) is 10.4 Å². The van der Waals surface area contributed by atoms with Crippen LogP contribution in [-0.4, -0.2) is 9.78 Å². The average Bonchev–Trinajstić information content (AvgIpc) is 2.95. The van der Waals surface area contributed by atoms with E-state index < -0.39 is 0 Å². The summed E-state index contributed by atoms with van der Waals surface area (Å²) in [5.41, 5.74) is 1.20. The van der Waals surface area contributed by atoms with Crippen molar-refractivity contribution in [2.24, 2.45) is 0 Å². The number of hydrogen-bond donors (Lipinski definition) is 0. The minimum Gasteiger partial charge on any atom is -0.486 e. The first kappa shape index (κ1) is 15.4. The molecule has 4 nitrogen and oxygen atoms in total. The van der Waals surface area contributed by atoms with Gasteiger partial charge in [0.2, 0.25) is 0 Å². The van der Waals surface area contributed by atoms with Crippen LogP contribution in [0, 0.1) is 11.3 Å². The molecule has 0 saturated carbocycles. The molecule has 0 N–H and O–H groups in total. The molecule has 0 spiro atoms. The third-order valence-electron chi connectivity index (χ3n) is 3.44. The van der Waals surface area contributed by atoms with Crippen LogP contribution in [0.5, 0.6) is 5.75 Å². The summed E-state index contributed by atoms with van der Waals surface area (Å²) < 4.78 is 7.65. The van der Waals surface area contributed by atoms with Crippen molar-refractivity contribution in [3.63, 3.8) is 0 Å². The molecular formula is C16H18ClN3O. The highest BCUT2D eigenvalue weighted by Gasteiger charge is 2.10. The number of nitriles is 1. The van der Waals surface area contributed by atoms with E-state index in [0.717, 1.165) is 18.5 Å².